The van der Waals surface area contributed by atoms with Crippen molar-refractivity contribution in [2.75, 3.05) is 26.5 Å². The van der Waals surface area contributed by atoms with Gasteiger partial charge in [-0.1, -0.05) is 18.7 Å². The number of rotatable bonds is 10. The van der Waals surface area contributed by atoms with E-state index in [-0.39, 0.29) is 5.91 Å². The number of hydrogen-bond acceptors (Lipinski definition) is 5. The van der Waals surface area contributed by atoms with Crippen molar-refractivity contribution < 1.29 is 14.3 Å². The zero-order valence-electron chi connectivity index (χ0n) is 18.5. The lowest BCUT2D eigenvalue weighted by Gasteiger charge is -2.09. The molecule has 0 spiro atoms. The molecule has 0 unspecified atom stereocenters. The third-order valence-electron chi connectivity index (χ3n) is 4.91. The lowest BCUT2D eigenvalue weighted by atomic mass is 10.0. The van der Waals surface area contributed by atoms with Gasteiger partial charge in [0, 0.05) is 36.9 Å². The minimum absolute atomic E-state index is 0.0979. The summed E-state index contributed by atoms with van der Waals surface area (Å²) in [7, 11) is 5.35. The van der Waals surface area contributed by atoms with Gasteiger partial charge in [-0.25, -0.2) is 4.98 Å². The fourth-order valence-electron chi connectivity index (χ4n) is 3.28. The van der Waals surface area contributed by atoms with Gasteiger partial charge < -0.3 is 19.4 Å². The number of benzene rings is 2. The predicted octanol–water partition coefficient (Wildman–Crippen LogP) is 4.78. The van der Waals surface area contributed by atoms with Gasteiger partial charge in [0.25, 0.3) is 0 Å². The van der Waals surface area contributed by atoms with Gasteiger partial charge in [-0.15, -0.1) is 0 Å². The fourth-order valence-corrected chi connectivity index (χ4v) is 4.11. The maximum absolute atomic E-state index is 11.7. The molecule has 3 rings (SSSR count). The Hall–Kier alpha value is -2.93. The summed E-state index contributed by atoms with van der Waals surface area (Å²) in [5.74, 6) is 2.47. The average molecular weight is 440 g/mol. The minimum Gasteiger partial charge on any atom is -0.497 e. The van der Waals surface area contributed by atoms with Crippen LogP contribution in [0.4, 0.5) is 0 Å². The van der Waals surface area contributed by atoms with Crippen molar-refractivity contribution in [2.24, 2.45) is 7.05 Å². The molecule has 0 saturated carbocycles. The maximum Gasteiger partial charge on any atom is 0.220 e. The Balaban J connectivity index is 1.89. The van der Waals surface area contributed by atoms with Crippen LogP contribution in [0, 0.1) is 0 Å². The number of nitrogens with one attached hydrogen (secondary N) is 1. The zero-order valence-corrected chi connectivity index (χ0v) is 19.3. The number of amides is 1. The van der Waals surface area contributed by atoms with E-state index in [9.17, 15) is 4.79 Å². The van der Waals surface area contributed by atoms with Gasteiger partial charge in [-0.05, 0) is 55.0 Å². The molecule has 164 valence electrons. The number of nitrogens with zero attached hydrogens (tertiary/aromatic N) is 2. The number of hydrogen-bond donors (Lipinski definition) is 1. The van der Waals surface area contributed by atoms with E-state index in [2.05, 4.69) is 9.88 Å². The van der Waals surface area contributed by atoms with Crippen LogP contribution < -0.4 is 14.8 Å². The number of carbonyl (C=O) groups is 1. The topological polar surface area (TPSA) is 65.4 Å². The molecule has 1 heterocycles. The molecule has 0 aliphatic heterocycles. The standard InChI is InChI=1S/C24H29N3O3S/c1-5-6-21(28)25-15-16-31-24-26-22(17-7-11-19(29-3)12-8-17)23(27(24)2)18-9-13-20(30-4)14-10-18/h7-14H,5-6,15-16H2,1-4H3,(H,25,28). The third kappa shape index (κ3) is 5.61. The second kappa shape index (κ2) is 10.9. The molecule has 0 saturated heterocycles. The quantitative estimate of drug-likeness (QED) is 0.364. The molecule has 1 amide bonds. The van der Waals surface area contributed by atoms with Crippen LogP contribution in [0.1, 0.15) is 19.8 Å². The van der Waals surface area contributed by atoms with Gasteiger partial charge in [0.2, 0.25) is 5.91 Å². The first-order valence-electron chi connectivity index (χ1n) is 10.3. The molecule has 1 aromatic heterocycles. The molecule has 0 aliphatic rings. The first-order chi connectivity index (χ1) is 15.1. The molecule has 6 nitrogen and oxygen atoms in total. The zero-order chi connectivity index (χ0) is 22.2. The second-order valence-electron chi connectivity index (χ2n) is 7.06. The number of thioether (sulfide) groups is 1. The number of carbonyl (C=O) groups excluding carboxylic acids is 1. The van der Waals surface area contributed by atoms with Gasteiger partial charge in [0.05, 0.1) is 25.6 Å². The van der Waals surface area contributed by atoms with Crippen molar-refractivity contribution in [3.05, 3.63) is 48.5 Å². The van der Waals surface area contributed by atoms with Crippen molar-refractivity contribution in [1.82, 2.24) is 14.9 Å². The monoisotopic (exact) mass is 439 g/mol. The van der Waals surface area contributed by atoms with Crippen LogP contribution in [0.15, 0.2) is 53.7 Å². The molecule has 7 heteroatoms. The summed E-state index contributed by atoms with van der Waals surface area (Å²) in [6, 6.07) is 15.9. The normalized spacial score (nSPS) is 10.7. The van der Waals surface area contributed by atoms with Crippen molar-refractivity contribution in [3.8, 4) is 34.0 Å². The Morgan fingerprint density at radius 2 is 1.58 bits per heavy atom. The van der Waals surface area contributed by atoms with E-state index in [1.807, 2.05) is 62.5 Å². The summed E-state index contributed by atoms with van der Waals surface area (Å²) in [5, 5.41) is 3.86. The molecule has 0 bridgehead atoms. The highest BCUT2D eigenvalue weighted by atomic mass is 32.2. The van der Waals surface area contributed by atoms with Crippen LogP contribution in [0.5, 0.6) is 11.5 Å². The van der Waals surface area contributed by atoms with Gasteiger partial charge in [-0.3, -0.25) is 4.79 Å². The van der Waals surface area contributed by atoms with Crippen LogP contribution in [0.2, 0.25) is 0 Å². The first kappa shape index (κ1) is 22.7. The Morgan fingerprint density at radius 3 is 2.13 bits per heavy atom. The van der Waals surface area contributed by atoms with Crippen LogP contribution >= 0.6 is 11.8 Å². The number of ether oxygens (including phenoxy) is 2. The highest BCUT2D eigenvalue weighted by molar-refractivity contribution is 7.99. The molecular formula is C24H29N3O3S. The molecule has 2 aromatic carbocycles. The molecule has 1 N–H and O–H groups in total. The van der Waals surface area contributed by atoms with Gasteiger partial charge in [0.1, 0.15) is 11.5 Å². The van der Waals surface area contributed by atoms with Crippen molar-refractivity contribution in [2.45, 2.75) is 24.9 Å². The van der Waals surface area contributed by atoms with Crippen molar-refractivity contribution >= 4 is 17.7 Å². The molecule has 0 atom stereocenters. The second-order valence-corrected chi connectivity index (χ2v) is 8.12. The first-order valence-corrected chi connectivity index (χ1v) is 11.3. The number of aromatic nitrogens is 2. The minimum atomic E-state index is 0.0979. The smallest absolute Gasteiger partial charge is 0.220 e. The molecule has 0 aliphatic carbocycles. The summed E-state index contributed by atoms with van der Waals surface area (Å²) in [5.41, 5.74) is 4.02. The Kier molecular flexibility index (Phi) is 8.00. The number of imidazole rings is 1. The van der Waals surface area contributed by atoms with E-state index in [4.69, 9.17) is 14.5 Å². The summed E-state index contributed by atoms with van der Waals surface area (Å²) in [6.45, 7) is 2.62. The lowest BCUT2D eigenvalue weighted by Crippen LogP contribution is -2.25. The Bertz CT molecular complexity index is 998. The molecule has 0 radical (unpaired) electrons. The van der Waals surface area contributed by atoms with Gasteiger partial charge in [-0.2, -0.15) is 0 Å². The van der Waals surface area contributed by atoms with E-state index in [0.717, 1.165) is 51.3 Å². The van der Waals surface area contributed by atoms with Crippen molar-refractivity contribution in [1.29, 1.82) is 0 Å². The molecule has 31 heavy (non-hydrogen) atoms. The average Bonchev–Trinajstić information content (AvgIpc) is 3.13. The number of methoxy groups -OCH3 is 2. The largest absolute Gasteiger partial charge is 0.497 e. The van der Waals surface area contributed by atoms with E-state index < -0.39 is 0 Å². The summed E-state index contributed by atoms with van der Waals surface area (Å²) in [4.78, 5) is 16.6. The Labute approximate surface area is 188 Å². The van der Waals surface area contributed by atoms with E-state index in [0.29, 0.717) is 13.0 Å². The van der Waals surface area contributed by atoms with Crippen LogP contribution in [-0.2, 0) is 11.8 Å². The van der Waals surface area contributed by atoms with E-state index >= 15 is 0 Å². The maximum atomic E-state index is 11.7. The van der Waals surface area contributed by atoms with E-state index in [1.54, 1.807) is 26.0 Å². The summed E-state index contributed by atoms with van der Waals surface area (Å²) in [6.07, 6.45) is 1.42. The SMILES string of the molecule is CCCC(=O)NCCSc1nc(-c2ccc(OC)cc2)c(-c2ccc(OC)cc2)n1C. The molecule has 3 aromatic rings. The Morgan fingerprint density at radius 1 is 1.00 bits per heavy atom. The predicted molar refractivity (Wildman–Crippen MR) is 126 cm³/mol. The fraction of sp³-hybridized carbons (Fsp3) is 0.333. The van der Waals surface area contributed by atoms with Gasteiger partial charge in [0.15, 0.2) is 5.16 Å². The summed E-state index contributed by atoms with van der Waals surface area (Å²) < 4.78 is 12.7. The van der Waals surface area contributed by atoms with Crippen LogP contribution in [-0.4, -0.2) is 42.0 Å². The van der Waals surface area contributed by atoms with Crippen LogP contribution in [0.3, 0.4) is 0 Å². The van der Waals surface area contributed by atoms with Crippen molar-refractivity contribution in [3.63, 3.8) is 0 Å². The van der Waals surface area contributed by atoms with E-state index in [1.165, 1.54) is 0 Å². The molecular weight excluding hydrogens is 410 g/mol. The van der Waals surface area contributed by atoms with Crippen LogP contribution in [0.25, 0.3) is 22.5 Å². The highest BCUT2D eigenvalue weighted by Gasteiger charge is 2.18. The van der Waals surface area contributed by atoms with Gasteiger partial charge >= 0.3 is 0 Å². The third-order valence-corrected chi connectivity index (χ3v) is 5.95. The lowest BCUT2D eigenvalue weighted by molar-refractivity contribution is -0.120. The summed E-state index contributed by atoms with van der Waals surface area (Å²) >= 11 is 1.63. The highest BCUT2D eigenvalue weighted by Crippen LogP contribution is 2.36. The molecule has 0 fully saturated rings.